The largest absolute Gasteiger partial charge is 0.348 e. The molecular weight excluding hydrogens is 448 g/mol. The van der Waals surface area contributed by atoms with Crippen LogP contribution in [0.15, 0.2) is 77.8 Å². The molecule has 36 heavy (non-hydrogen) atoms. The van der Waals surface area contributed by atoms with E-state index in [1.807, 2.05) is 54.7 Å². The molecule has 0 unspecified atom stereocenters. The number of benzene rings is 3. The third kappa shape index (κ3) is 5.61. The van der Waals surface area contributed by atoms with E-state index in [1.54, 1.807) is 6.07 Å². The monoisotopic (exact) mass is 478 g/mol. The second kappa shape index (κ2) is 10.7. The molecule has 182 valence electrons. The Balaban J connectivity index is 1.19. The molecule has 3 aromatic carbocycles. The molecule has 5 rings (SSSR count). The first-order valence-corrected chi connectivity index (χ1v) is 12.3. The highest BCUT2D eigenvalue weighted by Gasteiger charge is 2.15. The molecule has 6 heteroatoms. The van der Waals surface area contributed by atoms with Crippen LogP contribution in [-0.2, 0) is 19.5 Å². The normalized spacial score (nSPS) is 15.1. The average Bonchev–Trinajstić information content (AvgIpc) is 2.92. The number of nitrogens with zero attached hydrogens (tertiary/aromatic N) is 2. The van der Waals surface area contributed by atoms with Crippen molar-refractivity contribution in [3.63, 3.8) is 0 Å². The third-order valence-electron chi connectivity index (χ3n) is 6.64. The van der Waals surface area contributed by atoms with Crippen LogP contribution in [0.3, 0.4) is 0 Å². The maximum atomic E-state index is 12.9. The summed E-state index contributed by atoms with van der Waals surface area (Å²) >= 11 is 0. The Morgan fingerprint density at radius 3 is 2.61 bits per heavy atom. The molecule has 0 atom stereocenters. The van der Waals surface area contributed by atoms with Crippen molar-refractivity contribution in [3.05, 3.63) is 106 Å². The predicted octanol–water partition coefficient (Wildman–Crippen LogP) is 4.71. The van der Waals surface area contributed by atoms with E-state index in [9.17, 15) is 9.59 Å². The molecule has 0 saturated heterocycles. The van der Waals surface area contributed by atoms with Crippen molar-refractivity contribution in [3.8, 4) is 0 Å². The Morgan fingerprint density at radius 1 is 0.944 bits per heavy atom. The van der Waals surface area contributed by atoms with Crippen LogP contribution in [0.5, 0.6) is 0 Å². The van der Waals surface area contributed by atoms with Crippen LogP contribution in [0, 0.1) is 0 Å². The van der Waals surface area contributed by atoms with Gasteiger partial charge in [0.15, 0.2) is 0 Å². The third-order valence-corrected chi connectivity index (χ3v) is 6.64. The minimum absolute atomic E-state index is 0.151. The van der Waals surface area contributed by atoms with Crippen molar-refractivity contribution in [2.24, 2.45) is 4.99 Å². The van der Waals surface area contributed by atoms with Gasteiger partial charge in [-0.2, -0.15) is 0 Å². The Hall–Kier alpha value is -4.03. The maximum Gasteiger partial charge on any atom is 0.255 e. The number of fused-ring (bicyclic) bond motifs is 1. The number of carbonyl (C=O) groups excluding carboxylic acids is 2. The van der Waals surface area contributed by atoms with Crippen molar-refractivity contribution in [2.75, 3.05) is 25.5 Å². The van der Waals surface area contributed by atoms with Crippen LogP contribution < -0.4 is 10.6 Å². The van der Waals surface area contributed by atoms with Gasteiger partial charge in [0, 0.05) is 49.2 Å². The number of amides is 2. The number of dihydropyridines is 1. The second-order valence-electron chi connectivity index (χ2n) is 9.37. The molecule has 2 aliphatic rings. The predicted molar refractivity (Wildman–Crippen MR) is 144 cm³/mol. The van der Waals surface area contributed by atoms with Gasteiger partial charge in [-0.1, -0.05) is 36.4 Å². The lowest BCUT2D eigenvalue weighted by Gasteiger charge is -2.25. The fourth-order valence-corrected chi connectivity index (χ4v) is 4.60. The van der Waals surface area contributed by atoms with E-state index in [1.165, 1.54) is 11.1 Å². The molecule has 0 bridgehead atoms. The van der Waals surface area contributed by atoms with E-state index in [0.29, 0.717) is 17.7 Å². The molecule has 0 fully saturated rings. The molecule has 6 nitrogen and oxygen atoms in total. The summed E-state index contributed by atoms with van der Waals surface area (Å²) in [6.45, 7) is 3.12. The van der Waals surface area contributed by atoms with Gasteiger partial charge in [0.05, 0.1) is 0 Å². The number of hydrogen-bond donors (Lipinski definition) is 2. The van der Waals surface area contributed by atoms with Crippen LogP contribution >= 0.6 is 0 Å². The van der Waals surface area contributed by atoms with Gasteiger partial charge in [0.25, 0.3) is 11.8 Å². The quantitative estimate of drug-likeness (QED) is 0.539. The SMILES string of the molecule is CN1CCc2ccc(NC(=O)c3cccc(CNC(=O)c4ccc(C5=CCCN=C5)cc4)c3)cc2C1. The second-order valence-corrected chi connectivity index (χ2v) is 9.37. The highest BCUT2D eigenvalue weighted by Crippen LogP contribution is 2.22. The highest BCUT2D eigenvalue weighted by atomic mass is 16.2. The maximum absolute atomic E-state index is 12.9. The molecule has 0 saturated carbocycles. The summed E-state index contributed by atoms with van der Waals surface area (Å²) in [6, 6.07) is 21.0. The van der Waals surface area contributed by atoms with E-state index >= 15 is 0 Å². The van der Waals surface area contributed by atoms with Crippen molar-refractivity contribution >= 4 is 29.3 Å². The molecule has 0 aromatic heterocycles. The van der Waals surface area contributed by atoms with Crippen LogP contribution in [0.2, 0.25) is 0 Å². The standard InChI is InChI=1S/C30H30N4O2/c1-34-15-13-23-11-12-28(17-27(23)20-34)33-30(36)25-5-2-4-21(16-25)18-32-29(35)24-9-7-22(8-10-24)26-6-3-14-31-19-26/h2,4-12,16-17,19H,3,13-15,18,20H2,1H3,(H,32,35)(H,33,36). The highest BCUT2D eigenvalue weighted by molar-refractivity contribution is 6.10. The Labute approximate surface area is 211 Å². The fraction of sp³-hybridized carbons (Fsp3) is 0.233. The van der Waals surface area contributed by atoms with Crippen LogP contribution in [0.1, 0.15) is 49.4 Å². The Morgan fingerprint density at radius 2 is 1.81 bits per heavy atom. The minimum atomic E-state index is -0.163. The first kappa shape index (κ1) is 23.7. The van der Waals surface area contributed by atoms with Crippen LogP contribution in [0.25, 0.3) is 5.57 Å². The van der Waals surface area contributed by atoms with Crippen LogP contribution in [0.4, 0.5) is 5.69 Å². The van der Waals surface area contributed by atoms with Crippen molar-refractivity contribution in [1.82, 2.24) is 10.2 Å². The van der Waals surface area contributed by atoms with Gasteiger partial charge in [-0.25, -0.2) is 0 Å². The molecule has 0 aliphatic carbocycles. The van der Waals surface area contributed by atoms with E-state index in [-0.39, 0.29) is 11.8 Å². The number of rotatable bonds is 6. The lowest BCUT2D eigenvalue weighted by Crippen LogP contribution is -2.26. The van der Waals surface area contributed by atoms with Gasteiger partial charge >= 0.3 is 0 Å². The van der Waals surface area contributed by atoms with E-state index in [2.05, 4.69) is 45.8 Å². The molecule has 0 spiro atoms. The zero-order valence-electron chi connectivity index (χ0n) is 20.5. The molecule has 2 heterocycles. The molecule has 0 radical (unpaired) electrons. The number of likely N-dealkylation sites (N-methyl/N-ethyl adjacent to an activating group) is 1. The fourth-order valence-electron chi connectivity index (χ4n) is 4.60. The lowest BCUT2D eigenvalue weighted by molar-refractivity contribution is 0.0950. The molecule has 2 aliphatic heterocycles. The summed E-state index contributed by atoms with van der Waals surface area (Å²) in [4.78, 5) is 32.2. The van der Waals surface area contributed by atoms with Gasteiger partial charge in [-0.05, 0) is 84.1 Å². The van der Waals surface area contributed by atoms with Gasteiger partial charge < -0.3 is 15.5 Å². The number of allylic oxidation sites excluding steroid dienone is 1. The summed E-state index contributed by atoms with van der Waals surface area (Å²) in [6.07, 6.45) is 6.02. The van der Waals surface area contributed by atoms with E-state index in [4.69, 9.17) is 0 Å². The molecule has 3 aromatic rings. The Bertz CT molecular complexity index is 1340. The number of carbonyl (C=O) groups is 2. The van der Waals surface area contributed by atoms with E-state index in [0.717, 1.165) is 54.9 Å². The smallest absolute Gasteiger partial charge is 0.255 e. The first-order valence-electron chi connectivity index (χ1n) is 12.3. The number of anilines is 1. The number of nitrogens with one attached hydrogen (secondary N) is 2. The summed E-state index contributed by atoms with van der Waals surface area (Å²) in [5.41, 5.74) is 7.57. The van der Waals surface area contributed by atoms with Gasteiger partial charge in [-0.15, -0.1) is 0 Å². The van der Waals surface area contributed by atoms with Crippen LogP contribution in [-0.4, -0.2) is 43.1 Å². The molecule has 2 amide bonds. The zero-order chi connectivity index (χ0) is 24.9. The first-order chi connectivity index (χ1) is 17.5. The van der Waals surface area contributed by atoms with Gasteiger partial charge in [-0.3, -0.25) is 14.6 Å². The van der Waals surface area contributed by atoms with E-state index < -0.39 is 0 Å². The average molecular weight is 479 g/mol. The van der Waals surface area contributed by atoms with Gasteiger partial charge in [0.1, 0.15) is 0 Å². The Kier molecular flexibility index (Phi) is 7.05. The minimum Gasteiger partial charge on any atom is -0.348 e. The van der Waals surface area contributed by atoms with Crippen molar-refractivity contribution in [2.45, 2.75) is 25.9 Å². The lowest BCUT2D eigenvalue weighted by atomic mass is 9.99. The summed E-state index contributed by atoms with van der Waals surface area (Å²) in [7, 11) is 2.11. The van der Waals surface area contributed by atoms with Crippen molar-refractivity contribution < 1.29 is 9.59 Å². The summed E-state index contributed by atoms with van der Waals surface area (Å²) in [5, 5.41) is 5.97. The molecule has 2 N–H and O–H groups in total. The molecular formula is C30H30N4O2. The van der Waals surface area contributed by atoms with Gasteiger partial charge in [0.2, 0.25) is 0 Å². The zero-order valence-corrected chi connectivity index (χ0v) is 20.5. The summed E-state index contributed by atoms with van der Waals surface area (Å²) < 4.78 is 0. The summed E-state index contributed by atoms with van der Waals surface area (Å²) in [5.74, 6) is -0.315. The topological polar surface area (TPSA) is 73.8 Å². The number of aliphatic imine (C=N–C) groups is 1. The number of hydrogen-bond acceptors (Lipinski definition) is 4. The van der Waals surface area contributed by atoms with Crippen molar-refractivity contribution in [1.29, 1.82) is 0 Å².